The Labute approximate surface area is 200 Å². The smallest absolute Gasteiger partial charge is 0.248 e. The van der Waals surface area contributed by atoms with E-state index in [1.807, 2.05) is 37.3 Å². The predicted octanol–water partition coefficient (Wildman–Crippen LogP) is 2.99. The normalized spacial score (nSPS) is 25.7. The summed E-state index contributed by atoms with van der Waals surface area (Å²) in [5.74, 6) is -0.231. The van der Waals surface area contributed by atoms with Crippen LogP contribution in [0.4, 0.5) is 4.39 Å². The van der Waals surface area contributed by atoms with Crippen LogP contribution in [0.25, 0.3) is 5.57 Å². The zero-order valence-corrected chi connectivity index (χ0v) is 20.1. The van der Waals surface area contributed by atoms with E-state index >= 15 is 0 Å². The number of amides is 1. The second kappa shape index (κ2) is 9.61. The van der Waals surface area contributed by atoms with Gasteiger partial charge in [0.2, 0.25) is 5.91 Å². The maximum Gasteiger partial charge on any atom is 0.248 e. The van der Waals surface area contributed by atoms with Crippen LogP contribution in [-0.4, -0.2) is 42.0 Å². The lowest BCUT2D eigenvalue weighted by molar-refractivity contribution is -0.133. The van der Waals surface area contributed by atoms with E-state index in [4.69, 9.17) is 5.73 Å². The molecule has 4 rings (SSSR count). The fourth-order valence-electron chi connectivity index (χ4n) is 5.04. The largest absolute Gasteiger partial charge is 0.402 e. The summed E-state index contributed by atoms with van der Waals surface area (Å²) in [6.45, 7) is 5.38. The number of rotatable bonds is 8. The lowest BCUT2D eigenvalue weighted by Gasteiger charge is -2.24. The number of hydrogen-bond acceptors (Lipinski definition) is 6. The topological polar surface area (TPSA) is 97.4 Å². The van der Waals surface area contributed by atoms with Gasteiger partial charge in [0.1, 0.15) is 11.2 Å². The van der Waals surface area contributed by atoms with Crippen molar-refractivity contribution in [3.63, 3.8) is 0 Å². The molecular formula is C26H33FN6O. The van der Waals surface area contributed by atoms with Crippen LogP contribution in [0.2, 0.25) is 0 Å². The lowest BCUT2D eigenvalue weighted by Crippen LogP contribution is -2.36. The van der Waals surface area contributed by atoms with E-state index in [9.17, 15) is 14.4 Å². The molecule has 1 aromatic carbocycles. The Morgan fingerprint density at radius 3 is 2.79 bits per heavy atom. The summed E-state index contributed by atoms with van der Waals surface area (Å²) in [6, 6.07) is 7.33. The van der Waals surface area contributed by atoms with Crippen LogP contribution in [0.5, 0.6) is 0 Å². The Bertz CT molecular complexity index is 1090. The highest BCUT2D eigenvalue weighted by atomic mass is 19.1. The summed E-state index contributed by atoms with van der Waals surface area (Å²) in [7, 11) is 1.91. The second-order valence-electron chi connectivity index (χ2n) is 9.68. The SMILES string of the molecule is C/C(N)=C/C(=C\CNCc1cc(F)cc(C2=CN(C)NC2)c1)N1C(=O)[C@](C#N)(C2CC2)C[C@@H]1C. The zero-order chi connectivity index (χ0) is 24.5. The molecule has 2 heterocycles. The number of nitriles is 1. The molecule has 4 N–H and O–H groups in total. The molecule has 0 aromatic heterocycles. The van der Waals surface area contributed by atoms with Crippen LogP contribution in [0.15, 0.2) is 47.9 Å². The molecule has 0 bridgehead atoms. The fourth-order valence-corrected chi connectivity index (χ4v) is 5.04. The van der Waals surface area contributed by atoms with Gasteiger partial charge in [0.25, 0.3) is 0 Å². The average Bonchev–Trinajstić information content (AvgIpc) is 3.49. The third-order valence-corrected chi connectivity index (χ3v) is 6.77. The third kappa shape index (κ3) is 4.86. The van der Waals surface area contributed by atoms with Crippen molar-refractivity contribution in [2.75, 3.05) is 20.1 Å². The molecule has 8 heteroatoms. The second-order valence-corrected chi connectivity index (χ2v) is 9.68. The van der Waals surface area contributed by atoms with Crippen LogP contribution in [0.1, 0.15) is 44.2 Å². The Morgan fingerprint density at radius 1 is 1.41 bits per heavy atom. The molecule has 1 saturated carbocycles. The zero-order valence-electron chi connectivity index (χ0n) is 20.1. The van der Waals surface area contributed by atoms with E-state index in [-0.39, 0.29) is 23.7 Å². The van der Waals surface area contributed by atoms with Crippen molar-refractivity contribution in [3.8, 4) is 6.07 Å². The number of nitrogens with zero attached hydrogens (tertiary/aromatic N) is 3. The van der Waals surface area contributed by atoms with Crippen molar-refractivity contribution in [3.05, 3.63) is 64.9 Å². The first-order chi connectivity index (χ1) is 16.2. The van der Waals surface area contributed by atoms with Crippen molar-refractivity contribution >= 4 is 11.5 Å². The van der Waals surface area contributed by atoms with E-state index in [0.717, 1.165) is 29.5 Å². The predicted molar refractivity (Wildman–Crippen MR) is 130 cm³/mol. The van der Waals surface area contributed by atoms with Gasteiger partial charge in [0, 0.05) is 50.3 Å². The molecule has 1 amide bonds. The molecule has 34 heavy (non-hydrogen) atoms. The van der Waals surface area contributed by atoms with E-state index in [1.165, 1.54) is 6.07 Å². The quantitative estimate of drug-likeness (QED) is 0.404. The maximum absolute atomic E-state index is 14.2. The molecule has 7 nitrogen and oxygen atoms in total. The molecule has 2 fully saturated rings. The van der Waals surface area contributed by atoms with Crippen molar-refractivity contribution in [1.82, 2.24) is 20.7 Å². The molecular weight excluding hydrogens is 431 g/mol. The minimum absolute atomic E-state index is 0.0770. The maximum atomic E-state index is 14.2. The molecule has 1 aliphatic carbocycles. The van der Waals surface area contributed by atoms with Gasteiger partial charge in [0.05, 0.1) is 6.07 Å². The highest BCUT2D eigenvalue weighted by Crippen LogP contribution is 2.53. The van der Waals surface area contributed by atoms with Crippen molar-refractivity contribution < 1.29 is 9.18 Å². The van der Waals surface area contributed by atoms with Gasteiger partial charge in [-0.25, -0.2) is 9.82 Å². The molecule has 0 radical (unpaired) electrons. The number of nitrogens with one attached hydrogen (secondary N) is 2. The van der Waals surface area contributed by atoms with Gasteiger partial charge in [-0.05, 0) is 86.1 Å². The van der Waals surface area contributed by atoms with Gasteiger partial charge in [-0.1, -0.05) is 0 Å². The monoisotopic (exact) mass is 464 g/mol. The van der Waals surface area contributed by atoms with Crippen LogP contribution in [-0.2, 0) is 11.3 Å². The van der Waals surface area contributed by atoms with Gasteiger partial charge in [-0.15, -0.1) is 0 Å². The van der Waals surface area contributed by atoms with Crippen molar-refractivity contribution in [2.24, 2.45) is 17.1 Å². The van der Waals surface area contributed by atoms with E-state index < -0.39 is 5.41 Å². The van der Waals surface area contributed by atoms with E-state index in [0.29, 0.717) is 37.4 Å². The molecule has 180 valence electrons. The van der Waals surface area contributed by atoms with Gasteiger partial charge in [0.15, 0.2) is 0 Å². The average molecular weight is 465 g/mol. The molecule has 0 spiro atoms. The van der Waals surface area contributed by atoms with E-state index in [1.54, 1.807) is 24.0 Å². The van der Waals surface area contributed by atoms with Crippen molar-refractivity contribution in [2.45, 2.75) is 45.7 Å². The van der Waals surface area contributed by atoms with Gasteiger partial charge < -0.3 is 21.0 Å². The molecule has 2 atom stereocenters. The Balaban J connectivity index is 1.47. The number of allylic oxidation sites excluding steroid dienone is 2. The van der Waals surface area contributed by atoms with Gasteiger partial charge in [-0.3, -0.25) is 4.79 Å². The molecule has 1 saturated heterocycles. The highest BCUT2D eigenvalue weighted by molar-refractivity contribution is 5.90. The fraction of sp³-hybridized carbons (Fsp3) is 0.462. The van der Waals surface area contributed by atoms with Crippen LogP contribution in [0, 0.1) is 28.5 Å². The number of carbonyl (C=O) groups is 1. The van der Waals surface area contributed by atoms with Gasteiger partial charge >= 0.3 is 0 Å². The summed E-state index contributed by atoms with van der Waals surface area (Å²) >= 11 is 0. The van der Waals surface area contributed by atoms with E-state index in [2.05, 4.69) is 16.8 Å². The number of hydrazine groups is 1. The first kappa shape index (κ1) is 24.0. The minimum Gasteiger partial charge on any atom is -0.402 e. The summed E-state index contributed by atoms with van der Waals surface area (Å²) in [6.07, 6.45) is 8.08. The first-order valence-corrected chi connectivity index (χ1v) is 11.8. The first-order valence-electron chi connectivity index (χ1n) is 11.8. The molecule has 0 unspecified atom stereocenters. The summed E-state index contributed by atoms with van der Waals surface area (Å²) in [5.41, 5.74) is 12.2. The van der Waals surface area contributed by atoms with Crippen LogP contribution in [0.3, 0.4) is 0 Å². The van der Waals surface area contributed by atoms with Crippen LogP contribution >= 0.6 is 0 Å². The number of hydrogen-bond donors (Lipinski definition) is 3. The standard InChI is InChI=1S/C26H33FN6O/c1-17(29)8-24(33-18(2)12-26(16-28,25(33)34)22-4-5-22)6-7-30-13-19-9-20(11-23(27)10-19)21-14-31-32(3)15-21/h6,8-11,15,18,22,30-31H,4-5,7,12-14,29H2,1-3H3/b17-8-,24-6+/t18-,26+/m0/s1. The summed E-state index contributed by atoms with van der Waals surface area (Å²) in [5, 5.41) is 15.0. The third-order valence-electron chi connectivity index (χ3n) is 6.77. The number of nitrogens with two attached hydrogens (primary N) is 1. The molecule has 3 aliphatic rings. The summed E-state index contributed by atoms with van der Waals surface area (Å²) < 4.78 is 14.2. The van der Waals surface area contributed by atoms with Gasteiger partial charge in [-0.2, -0.15) is 5.26 Å². The highest BCUT2D eigenvalue weighted by Gasteiger charge is 2.59. The van der Waals surface area contributed by atoms with Crippen LogP contribution < -0.4 is 16.5 Å². The summed E-state index contributed by atoms with van der Waals surface area (Å²) in [4.78, 5) is 15.1. The number of carbonyl (C=O) groups excluding carboxylic acids is 1. The molecule has 2 aliphatic heterocycles. The van der Waals surface area contributed by atoms with Crippen molar-refractivity contribution in [1.29, 1.82) is 5.26 Å². The Morgan fingerprint density at radius 2 is 2.18 bits per heavy atom. The minimum atomic E-state index is -0.919. The lowest BCUT2D eigenvalue weighted by atomic mass is 9.81. The number of likely N-dealkylation sites (tertiary alicyclic amines) is 1. The number of halogens is 1. The molecule has 1 aromatic rings. The number of benzene rings is 1. The Hall–Kier alpha value is -3.15. The Kier molecular flexibility index (Phi) is 6.78.